The number of hydrogen-bond donors (Lipinski definition) is 1. The van der Waals surface area contributed by atoms with Gasteiger partial charge in [-0.3, -0.25) is 5.21 Å². The van der Waals surface area contributed by atoms with Crippen molar-refractivity contribution >= 4 is 11.9 Å². The highest BCUT2D eigenvalue weighted by atomic mass is 16.5. The Labute approximate surface area is 79.9 Å². The molecule has 2 rings (SSSR count). The minimum Gasteiger partial charge on any atom is -0.278 e. The molecule has 0 aliphatic rings. The van der Waals surface area contributed by atoms with Gasteiger partial charge >= 0.3 is 0 Å². The second kappa shape index (κ2) is 3.75. The Kier molecular flexibility index (Phi) is 2.28. The van der Waals surface area contributed by atoms with E-state index in [1.165, 1.54) is 24.8 Å². The van der Waals surface area contributed by atoms with Gasteiger partial charge in [-0.1, -0.05) is 0 Å². The molecule has 0 aromatic carbocycles. The molecule has 2 aromatic heterocycles. The van der Waals surface area contributed by atoms with Gasteiger partial charge in [-0.15, -0.1) is 0 Å². The quantitative estimate of drug-likeness (QED) is 0.704. The molecule has 0 aliphatic heterocycles. The molecule has 0 atom stereocenters. The van der Waals surface area contributed by atoms with E-state index >= 15 is 0 Å². The standard InChI is InChI=1S/C8H7N5O/c14-13(7-9-3-1-4-10-7)8-11-5-2-6-12-8/h1-6,14H. The van der Waals surface area contributed by atoms with Crippen molar-refractivity contribution in [2.24, 2.45) is 0 Å². The van der Waals surface area contributed by atoms with Crippen molar-refractivity contribution in [2.75, 3.05) is 5.06 Å². The Hall–Kier alpha value is -2.08. The average molecular weight is 189 g/mol. The number of aromatic nitrogens is 4. The van der Waals surface area contributed by atoms with E-state index in [1.807, 2.05) is 0 Å². The van der Waals surface area contributed by atoms with Gasteiger partial charge in [0.2, 0.25) is 0 Å². The molecule has 0 saturated heterocycles. The van der Waals surface area contributed by atoms with Crippen molar-refractivity contribution in [1.82, 2.24) is 19.9 Å². The SMILES string of the molecule is ON(c1ncccn1)c1ncccn1. The van der Waals surface area contributed by atoms with E-state index in [0.29, 0.717) is 0 Å². The van der Waals surface area contributed by atoms with Gasteiger partial charge in [-0.05, 0) is 12.1 Å². The number of nitrogens with zero attached hydrogens (tertiary/aromatic N) is 5. The second-order valence-corrected chi connectivity index (χ2v) is 2.41. The predicted molar refractivity (Wildman–Crippen MR) is 48.0 cm³/mol. The molecule has 0 unspecified atom stereocenters. The maximum Gasteiger partial charge on any atom is 0.257 e. The Bertz CT molecular complexity index is 353. The van der Waals surface area contributed by atoms with Gasteiger partial charge in [0.05, 0.1) is 0 Å². The normalized spacial score (nSPS) is 9.79. The molecule has 0 spiro atoms. The molecule has 70 valence electrons. The van der Waals surface area contributed by atoms with Crippen LogP contribution in [0, 0.1) is 0 Å². The Morgan fingerprint density at radius 1 is 0.786 bits per heavy atom. The molecule has 14 heavy (non-hydrogen) atoms. The number of rotatable bonds is 2. The molecule has 1 N–H and O–H groups in total. The largest absolute Gasteiger partial charge is 0.278 e. The molecule has 0 aliphatic carbocycles. The van der Waals surface area contributed by atoms with Crippen molar-refractivity contribution in [3.8, 4) is 0 Å². The minimum atomic E-state index is 0.138. The average Bonchev–Trinajstić information content (AvgIpc) is 2.30. The Morgan fingerprint density at radius 2 is 1.14 bits per heavy atom. The molecule has 0 fully saturated rings. The van der Waals surface area contributed by atoms with Crippen LogP contribution in [0.5, 0.6) is 0 Å². The van der Waals surface area contributed by atoms with Gasteiger partial charge in [-0.2, -0.15) is 5.06 Å². The first-order chi connectivity index (χ1) is 6.88. The Morgan fingerprint density at radius 3 is 1.50 bits per heavy atom. The molecule has 2 aromatic rings. The van der Waals surface area contributed by atoms with Crippen molar-refractivity contribution in [1.29, 1.82) is 0 Å². The summed E-state index contributed by atoms with van der Waals surface area (Å²) in [4.78, 5) is 15.4. The lowest BCUT2D eigenvalue weighted by Gasteiger charge is -2.10. The summed E-state index contributed by atoms with van der Waals surface area (Å²) in [5, 5.41) is 10.3. The van der Waals surface area contributed by atoms with Gasteiger partial charge in [0.15, 0.2) is 0 Å². The van der Waals surface area contributed by atoms with E-state index in [9.17, 15) is 5.21 Å². The lowest BCUT2D eigenvalue weighted by atomic mass is 10.6. The van der Waals surface area contributed by atoms with E-state index in [-0.39, 0.29) is 11.9 Å². The van der Waals surface area contributed by atoms with Crippen molar-refractivity contribution in [3.05, 3.63) is 36.9 Å². The first-order valence-corrected chi connectivity index (χ1v) is 3.91. The lowest BCUT2D eigenvalue weighted by Crippen LogP contribution is -2.16. The van der Waals surface area contributed by atoms with Gasteiger partial charge in [-0.25, -0.2) is 19.9 Å². The summed E-state index contributed by atoms with van der Waals surface area (Å²) in [6, 6.07) is 3.31. The first-order valence-electron chi connectivity index (χ1n) is 3.91. The van der Waals surface area contributed by atoms with Crippen LogP contribution in [0.15, 0.2) is 36.9 Å². The lowest BCUT2D eigenvalue weighted by molar-refractivity contribution is 0.287. The van der Waals surface area contributed by atoms with E-state index in [0.717, 1.165) is 5.06 Å². The van der Waals surface area contributed by atoms with Crippen LogP contribution in [0.4, 0.5) is 11.9 Å². The van der Waals surface area contributed by atoms with Crippen LogP contribution in [-0.4, -0.2) is 25.1 Å². The van der Waals surface area contributed by atoms with E-state index in [1.54, 1.807) is 12.1 Å². The van der Waals surface area contributed by atoms with E-state index in [2.05, 4.69) is 19.9 Å². The van der Waals surface area contributed by atoms with Crippen LogP contribution in [0.1, 0.15) is 0 Å². The zero-order valence-electron chi connectivity index (χ0n) is 7.15. The van der Waals surface area contributed by atoms with Gasteiger partial charge < -0.3 is 0 Å². The third-order valence-electron chi connectivity index (χ3n) is 1.48. The van der Waals surface area contributed by atoms with Crippen LogP contribution in [0.25, 0.3) is 0 Å². The first kappa shape index (κ1) is 8.52. The van der Waals surface area contributed by atoms with Crippen LogP contribution in [0.3, 0.4) is 0 Å². The summed E-state index contributed by atoms with van der Waals surface area (Å²) < 4.78 is 0. The van der Waals surface area contributed by atoms with Crippen molar-refractivity contribution in [2.45, 2.75) is 0 Å². The minimum absolute atomic E-state index is 0.138. The molecule has 2 heterocycles. The van der Waals surface area contributed by atoms with Crippen LogP contribution >= 0.6 is 0 Å². The van der Waals surface area contributed by atoms with Gasteiger partial charge in [0.25, 0.3) is 11.9 Å². The molecule has 0 amide bonds. The van der Waals surface area contributed by atoms with Crippen LogP contribution in [0.2, 0.25) is 0 Å². The van der Waals surface area contributed by atoms with E-state index < -0.39 is 0 Å². The molecular weight excluding hydrogens is 182 g/mol. The maximum atomic E-state index is 9.58. The third-order valence-corrected chi connectivity index (χ3v) is 1.48. The van der Waals surface area contributed by atoms with E-state index in [4.69, 9.17) is 0 Å². The van der Waals surface area contributed by atoms with Crippen LogP contribution < -0.4 is 5.06 Å². The summed E-state index contributed by atoms with van der Waals surface area (Å²) in [6.07, 6.45) is 6.09. The highest BCUT2D eigenvalue weighted by Crippen LogP contribution is 2.11. The molecule has 0 saturated carbocycles. The monoisotopic (exact) mass is 189 g/mol. The highest BCUT2D eigenvalue weighted by molar-refractivity contribution is 5.41. The molecule has 6 heteroatoms. The summed E-state index contributed by atoms with van der Waals surface area (Å²) in [7, 11) is 0. The molecule has 6 nitrogen and oxygen atoms in total. The fourth-order valence-electron chi connectivity index (χ4n) is 0.891. The van der Waals surface area contributed by atoms with Crippen LogP contribution in [-0.2, 0) is 0 Å². The van der Waals surface area contributed by atoms with Gasteiger partial charge in [0, 0.05) is 24.8 Å². The maximum absolute atomic E-state index is 9.58. The number of hydrogen-bond acceptors (Lipinski definition) is 6. The molecular formula is C8H7N5O. The van der Waals surface area contributed by atoms with Crippen molar-refractivity contribution < 1.29 is 5.21 Å². The summed E-state index contributed by atoms with van der Waals surface area (Å²) in [5.74, 6) is 0.275. The third kappa shape index (κ3) is 1.64. The highest BCUT2D eigenvalue weighted by Gasteiger charge is 2.09. The predicted octanol–water partition coefficient (Wildman–Crippen LogP) is 0.794. The fourth-order valence-corrected chi connectivity index (χ4v) is 0.891. The molecule has 0 bridgehead atoms. The van der Waals surface area contributed by atoms with Crippen molar-refractivity contribution in [3.63, 3.8) is 0 Å². The second-order valence-electron chi connectivity index (χ2n) is 2.41. The Balaban J connectivity index is 2.30. The zero-order valence-corrected chi connectivity index (χ0v) is 7.15. The molecule has 0 radical (unpaired) electrons. The number of anilines is 2. The van der Waals surface area contributed by atoms with Gasteiger partial charge in [0.1, 0.15) is 0 Å². The summed E-state index contributed by atoms with van der Waals surface area (Å²) in [5.41, 5.74) is 0. The fraction of sp³-hybridized carbons (Fsp3) is 0. The summed E-state index contributed by atoms with van der Waals surface area (Å²) in [6.45, 7) is 0. The summed E-state index contributed by atoms with van der Waals surface area (Å²) >= 11 is 0. The smallest absolute Gasteiger partial charge is 0.257 e. The topological polar surface area (TPSA) is 75.0 Å². The zero-order chi connectivity index (χ0) is 9.80.